The van der Waals surface area contributed by atoms with Gasteiger partial charge in [0.1, 0.15) is 18.2 Å². The SMILES string of the molecule is O=C(c1ccc(-c2ccc(F)cc2)cc1)N1CCNCC1COc1cccnc1. The number of piperazine rings is 1. The monoisotopic (exact) mass is 391 g/mol. The van der Waals surface area contributed by atoms with Crippen molar-refractivity contribution in [1.29, 1.82) is 0 Å². The summed E-state index contributed by atoms with van der Waals surface area (Å²) in [7, 11) is 0. The Kier molecular flexibility index (Phi) is 5.81. The van der Waals surface area contributed by atoms with E-state index in [1.54, 1.807) is 24.5 Å². The summed E-state index contributed by atoms with van der Waals surface area (Å²) in [5, 5.41) is 3.32. The van der Waals surface area contributed by atoms with Crippen LogP contribution in [0.4, 0.5) is 4.39 Å². The van der Waals surface area contributed by atoms with Gasteiger partial charge in [0, 0.05) is 31.4 Å². The zero-order valence-electron chi connectivity index (χ0n) is 15.9. The lowest BCUT2D eigenvalue weighted by Crippen LogP contribution is -2.55. The molecule has 2 heterocycles. The molecule has 29 heavy (non-hydrogen) atoms. The zero-order valence-corrected chi connectivity index (χ0v) is 15.9. The van der Waals surface area contributed by atoms with Gasteiger partial charge in [-0.15, -0.1) is 0 Å². The standard InChI is InChI=1S/C23H22FN3O2/c24-20-9-7-18(8-10-20)17-3-5-19(6-4-17)23(28)27-13-12-26-14-21(27)16-29-22-2-1-11-25-15-22/h1-11,15,21,26H,12-14,16H2. The average Bonchev–Trinajstić information content (AvgIpc) is 2.79. The molecule has 1 N–H and O–H groups in total. The van der Waals surface area contributed by atoms with Crippen LogP contribution in [0, 0.1) is 5.82 Å². The van der Waals surface area contributed by atoms with Crippen LogP contribution in [0.2, 0.25) is 0 Å². The summed E-state index contributed by atoms with van der Waals surface area (Å²) >= 11 is 0. The van der Waals surface area contributed by atoms with Crippen molar-refractivity contribution < 1.29 is 13.9 Å². The molecule has 3 aromatic rings. The number of halogens is 1. The molecule has 1 atom stereocenters. The third-order valence-electron chi connectivity index (χ3n) is 5.00. The number of carbonyl (C=O) groups excluding carboxylic acids is 1. The second-order valence-electron chi connectivity index (χ2n) is 6.94. The van der Waals surface area contributed by atoms with Crippen molar-refractivity contribution in [3.63, 3.8) is 0 Å². The predicted molar refractivity (Wildman–Crippen MR) is 109 cm³/mol. The van der Waals surface area contributed by atoms with Crippen LogP contribution in [0.25, 0.3) is 11.1 Å². The maximum Gasteiger partial charge on any atom is 0.254 e. The molecule has 0 aliphatic carbocycles. The van der Waals surface area contributed by atoms with E-state index in [1.165, 1.54) is 12.1 Å². The Labute approximate surface area is 169 Å². The van der Waals surface area contributed by atoms with Gasteiger partial charge in [-0.2, -0.15) is 0 Å². The maximum atomic E-state index is 13.1. The van der Waals surface area contributed by atoms with Crippen molar-refractivity contribution in [2.45, 2.75) is 6.04 Å². The Morgan fingerprint density at radius 1 is 1.10 bits per heavy atom. The number of hydrogen-bond acceptors (Lipinski definition) is 4. The highest BCUT2D eigenvalue weighted by molar-refractivity contribution is 5.95. The minimum Gasteiger partial charge on any atom is -0.490 e. The number of carbonyl (C=O) groups is 1. The molecule has 1 saturated heterocycles. The summed E-state index contributed by atoms with van der Waals surface area (Å²) in [5.74, 6) is 0.407. The van der Waals surface area contributed by atoms with E-state index in [1.807, 2.05) is 41.3 Å². The van der Waals surface area contributed by atoms with Crippen LogP contribution in [-0.2, 0) is 0 Å². The first kappa shape index (κ1) is 19.1. The van der Waals surface area contributed by atoms with Crippen molar-refractivity contribution in [1.82, 2.24) is 15.2 Å². The lowest BCUT2D eigenvalue weighted by atomic mass is 10.0. The number of benzene rings is 2. The number of nitrogens with one attached hydrogen (secondary N) is 1. The highest BCUT2D eigenvalue weighted by Crippen LogP contribution is 2.21. The number of ether oxygens (including phenoxy) is 1. The maximum absolute atomic E-state index is 13.1. The van der Waals surface area contributed by atoms with Gasteiger partial charge in [0.25, 0.3) is 5.91 Å². The second-order valence-corrected chi connectivity index (χ2v) is 6.94. The van der Waals surface area contributed by atoms with E-state index in [9.17, 15) is 9.18 Å². The Balaban J connectivity index is 1.45. The van der Waals surface area contributed by atoms with Gasteiger partial charge in [-0.25, -0.2) is 4.39 Å². The third-order valence-corrected chi connectivity index (χ3v) is 5.00. The topological polar surface area (TPSA) is 54.5 Å². The summed E-state index contributed by atoms with van der Waals surface area (Å²) < 4.78 is 18.9. The van der Waals surface area contributed by atoms with Gasteiger partial charge in [-0.05, 0) is 47.5 Å². The van der Waals surface area contributed by atoms with Crippen molar-refractivity contribution >= 4 is 5.91 Å². The fourth-order valence-corrected chi connectivity index (χ4v) is 3.42. The number of nitrogens with zero attached hydrogens (tertiary/aromatic N) is 2. The highest BCUT2D eigenvalue weighted by atomic mass is 19.1. The van der Waals surface area contributed by atoms with Crippen LogP contribution in [0.15, 0.2) is 73.1 Å². The normalized spacial score (nSPS) is 16.4. The second kappa shape index (κ2) is 8.84. The van der Waals surface area contributed by atoms with Gasteiger partial charge >= 0.3 is 0 Å². The Hall–Kier alpha value is -3.25. The molecule has 1 aliphatic rings. The van der Waals surface area contributed by atoms with E-state index in [-0.39, 0.29) is 17.8 Å². The van der Waals surface area contributed by atoms with Gasteiger partial charge < -0.3 is 15.0 Å². The van der Waals surface area contributed by atoms with Crippen LogP contribution >= 0.6 is 0 Å². The Bertz CT molecular complexity index is 946. The molecule has 2 aromatic carbocycles. The Morgan fingerprint density at radius 3 is 2.52 bits per heavy atom. The first-order valence-corrected chi connectivity index (χ1v) is 9.61. The zero-order chi connectivity index (χ0) is 20.1. The van der Waals surface area contributed by atoms with Gasteiger partial charge in [-0.1, -0.05) is 24.3 Å². The van der Waals surface area contributed by atoms with Crippen molar-refractivity contribution in [2.24, 2.45) is 0 Å². The smallest absolute Gasteiger partial charge is 0.254 e. The molecule has 1 aliphatic heterocycles. The molecule has 4 rings (SSSR count). The molecule has 6 heteroatoms. The quantitative estimate of drug-likeness (QED) is 0.725. The van der Waals surface area contributed by atoms with E-state index in [0.717, 1.165) is 17.7 Å². The summed E-state index contributed by atoms with van der Waals surface area (Å²) in [5.41, 5.74) is 2.48. The summed E-state index contributed by atoms with van der Waals surface area (Å²) in [4.78, 5) is 19.0. The van der Waals surface area contributed by atoms with Crippen LogP contribution in [0.5, 0.6) is 5.75 Å². The van der Waals surface area contributed by atoms with Crippen molar-refractivity contribution in [3.05, 3.63) is 84.4 Å². The molecule has 0 bridgehead atoms. The summed E-state index contributed by atoms with van der Waals surface area (Å²) in [6.45, 7) is 2.46. The predicted octanol–water partition coefficient (Wildman–Crippen LogP) is 3.38. The minimum atomic E-state index is -0.265. The fourth-order valence-electron chi connectivity index (χ4n) is 3.42. The largest absolute Gasteiger partial charge is 0.490 e. The molecule has 0 radical (unpaired) electrons. The van der Waals surface area contributed by atoms with Gasteiger partial charge in [0.2, 0.25) is 0 Å². The van der Waals surface area contributed by atoms with E-state index < -0.39 is 0 Å². The van der Waals surface area contributed by atoms with Crippen LogP contribution in [0.1, 0.15) is 10.4 Å². The molecular formula is C23H22FN3O2. The molecule has 0 saturated carbocycles. The molecular weight excluding hydrogens is 369 g/mol. The Morgan fingerprint density at radius 2 is 1.83 bits per heavy atom. The van der Waals surface area contributed by atoms with Gasteiger partial charge in [0.15, 0.2) is 0 Å². The van der Waals surface area contributed by atoms with E-state index in [2.05, 4.69) is 10.3 Å². The lowest BCUT2D eigenvalue weighted by molar-refractivity contribution is 0.0559. The number of rotatable bonds is 5. The average molecular weight is 391 g/mol. The molecule has 0 spiro atoms. The van der Waals surface area contributed by atoms with Crippen molar-refractivity contribution in [2.75, 3.05) is 26.2 Å². The first-order valence-electron chi connectivity index (χ1n) is 9.61. The first-order chi connectivity index (χ1) is 14.2. The number of pyridine rings is 1. The van der Waals surface area contributed by atoms with Crippen molar-refractivity contribution in [3.8, 4) is 16.9 Å². The van der Waals surface area contributed by atoms with E-state index >= 15 is 0 Å². The molecule has 148 valence electrons. The molecule has 1 unspecified atom stereocenters. The molecule has 5 nitrogen and oxygen atoms in total. The van der Waals surface area contributed by atoms with Gasteiger partial charge in [0.05, 0.1) is 12.2 Å². The molecule has 1 fully saturated rings. The molecule has 1 amide bonds. The van der Waals surface area contributed by atoms with Crippen LogP contribution < -0.4 is 10.1 Å². The van der Waals surface area contributed by atoms with Gasteiger partial charge in [-0.3, -0.25) is 9.78 Å². The number of hydrogen-bond donors (Lipinski definition) is 1. The molecule has 1 aromatic heterocycles. The fraction of sp³-hybridized carbons (Fsp3) is 0.217. The minimum absolute atomic E-state index is 0.0167. The van der Waals surface area contributed by atoms with Crippen LogP contribution in [-0.4, -0.2) is 48.1 Å². The lowest BCUT2D eigenvalue weighted by Gasteiger charge is -2.36. The highest BCUT2D eigenvalue weighted by Gasteiger charge is 2.28. The summed E-state index contributed by atoms with van der Waals surface area (Å²) in [6.07, 6.45) is 3.36. The number of aromatic nitrogens is 1. The number of amides is 1. The van der Waals surface area contributed by atoms with Crippen LogP contribution in [0.3, 0.4) is 0 Å². The third kappa shape index (κ3) is 4.60. The van der Waals surface area contributed by atoms with E-state index in [4.69, 9.17) is 4.74 Å². The van der Waals surface area contributed by atoms with E-state index in [0.29, 0.717) is 31.0 Å². The summed E-state index contributed by atoms with van der Waals surface area (Å²) in [6, 6.07) is 17.4.